The zero-order valence-electron chi connectivity index (χ0n) is 15.0. The van der Waals surface area contributed by atoms with Gasteiger partial charge in [-0.25, -0.2) is 4.98 Å². The van der Waals surface area contributed by atoms with E-state index in [0.29, 0.717) is 61.8 Å². The van der Waals surface area contributed by atoms with Crippen LogP contribution in [0.1, 0.15) is 28.3 Å². The van der Waals surface area contributed by atoms with Crippen molar-refractivity contribution in [3.8, 4) is 5.75 Å². The highest BCUT2D eigenvalue weighted by Gasteiger charge is 2.22. The molecule has 1 fully saturated rings. The second kappa shape index (κ2) is 8.15. The molecule has 4 rings (SSSR count). The molecule has 1 aromatic carbocycles. The summed E-state index contributed by atoms with van der Waals surface area (Å²) in [5, 5.41) is 3.78. The maximum Gasteiger partial charge on any atom is 0.255 e. The Kier molecular flexibility index (Phi) is 5.45. The highest BCUT2D eigenvalue weighted by molar-refractivity contribution is 6.33. The van der Waals surface area contributed by atoms with Gasteiger partial charge in [0.2, 0.25) is 0 Å². The van der Waals surface area contributed by atoms with Crippen LogP contribution < -0.4 is 10.1 Å². The molecule has 1 saturated heterocycles. The molecule has 6 nitrogen and oxygen atoms in total. The van der Waals surface area contributed by atoms with E-state index in [1.807, 2.05) is 18.2 Å². The zero-order valence-corrected chi connectivity index (χ0v) is 15.7. The lowest BCUT2D eigenvalue weighted by Crippen LogP contribution is -2.40. The molecule has 2 aliphatic heterocycles. The minimum Gasteiger partial charge on any atom is -0.493 e. The lowest BCUT2D eigenvalue weighted by Gasteiger charge is -2.27. The van der Waals surface area contributed by atoms with Gasteiger partial charge in [-0.2, -0.15) is 0 Å². The molecule has 7 heteroatoms. The van der Waals surface area contributed by atoms with Crippen LogP contribution in [-0.4, -0.2) is 55.2 Å². The Labute approximate surface area is 163 Å². The number of halogens is 1. The van der Waals surface area contributed by atoms with E-state index < -0.39 is 0 Å². The number of nitrogens with zero attached hydrogens (tertiary/aromatic N) is 2. The van der Waals surface area contributed by atoms with E-state index in [1.165, 1.54) is 5.56 Å². The number of rotatable bonds is 4. The molecule has 1 unspecified atom stereocenters. The summed E-state index contributed by atoms with van der Waals surface area (Å²) in [6.45, 7) is 3.75. The van der Waals surface area contributed by atoms with Gasteiger partial charge in [-0.15, -0.1) is 0 Å². The summed E-state index contributed by atoms with van der Waals surface area (Å²) in [5.74, 6) is 1.82. The van der Waals surface area contributed by atoms with Crippen LogP contribution in [-0.2, 0) is 4.74 Å². The van der Waals surface area contributed by atoms with Crippen LogP contribution >= 0.6 is 11.6 Å². The van der Waals surface area contributed by atoms with E-state index in [1.54, 1.807) is 17.2 Å². The number of hydrogen-bond donors (Lipinski definition) is 1. The van der Waals surface area contributed by atoms with Gasteiger partial charge in [-0.3, -0.25) is 4.79 Å². The van der Waals surface area contributed by atoms with Crippen LogP contribution in [0.15, 0.2) is 36.5 Å². The molecule has 1 N–H and O–H groups in total. The van der Waals surface area contributed by atoms with Crippen molar-refractivity contribution in [1.82, 2.24) is 9.88 Å². The second-order valence-electron chi connectivity index (χ2n) is 6.71. The van der Waals surface area contributed by atoms with Crippen molar-refractivity contribution in [2.45, 2.75) is 12.3 Å². The molecular weight excluding hydrogens is 366 g/mol. The van der Waals surface area contributed by atoms with Gasteiger partial charge in [0.15, 0.2) is 0 Å². The zero-order chi connectivity index (χ0) is 18.6. The van der Waals surface area contributed by atoms with Crippen molar-refractivity contribution in [2.75, 3.05) is 44.8 Å². The molecule has 3 heterocycles. The van der Waals surface area contributed by atoms with Gasteiger partial charge >= 0.3 is 0 Å². The van der Waals surface area contributed by atoms with Crippen molar-refractivity contribution >= 4 is 23.3 Å². The number of benzene rings is 1. The first kappa shape index (κ1) is 18.1. The van der Waals surface area contributed by atoms with Crippen LogP contribution in [0, 0.1) is 0 Å². The molecule has 1 aromatic heterocycles. The summed E-state index contributed by atoms with van der Waals surface area (Å²) < 4.78 is 11.0. The Balaban J connectivity index is 1.42. The minimum absolute atomic E-state index is 0.0578. The maximum absolute atomic E-state index is 12.5. The number of para-hydroxylation sites is 1. The Morgan fingerprint density at radius 2 is 2.07 bits per heavy atom. The normalized spacial score (nSPS) is 19.1. The lowest BCUT2D eigenvalue weighted by molar-refractivity contribution is 0.0302. The molecule has 0 spiro atoms. The maximum atomic E-state index is 12.5. The van der Waals surface area contributed by atoms with Gasteiger partial charge in [0.1, 0.15) is 11.6 Å². The number of carbonyl (C=O) groups excluding carboxylic acids is 1. The number of aromatic nitrogens is 1. The number of carbonyl (C=O) groups is 1. The fourth-order valence-electron chi connectivity index (χ4n) is 3.48. The summed E-state index contributed by atoms with van der Waals surface area (Å²) in [7, 11) is 0. The van der Waals surface area contributed by atoms with E-state index in [0.717, 1.165) is 12.2 Å². The number of morpholine rings is 1. The first-order valence-corrected chi connectivity index (χ1v) is 9.58. The van der Waals surface area contributed by atoms with Gasteiger partial charge < -0.3 is 19.7 Å². The smallest absolute Gasteiger partial charge is 0.255 e. The fourth-order valence-corrected chi connectivity index (χ4v) is 3.71. The summed E-state index contributed by atoms with van der Waals surface area (Å²) in [6, 6.07) is 9.79. The van der Waals surface area contributed by atoms with E-state index in [-0.39, 0.29) is 5.91 Å². The summed E-state index contributed by atoms with van der Waals surface area (Å²) in [5.41, 5.74) is 1.70. The molecule has 142 valence electrons. The van der Waals surface area contributed by atoms with Crippen LogP contribution in [0.25, 0.3) is 0 Å². The van der Waals surface area contributed by atoms with Crippen molar-refractivity contribution in [3.63, 3.8) is 0 Å². The van der Waals surface area contributed by atoms with Crippen LogP contribution in [0.2, 0.25) is 5.02 Å². The Hall–Kier alpha value is -2.31. The highest BCUT2D eigenvalue weighted by atomic mass is 35.5. The number of hydrogen-bond acceptors (Lipinski definition) is 5. The second-order valence-corrected chi connectivity index (χ2v) is 7.12. The highest BCUT2D eigenvalue weighted by Crippen LogP contribution is 2.33. The fraction of sp³-hybridized carbons (Fsp3) is 0.400. The number of anilines is 1. The summed E-state index contributed by atoms with van der Waals surface area (Å²) in [4.78, 5) is 18.7. The number of ether oxygens (including phenoxy) is 2. The largest absolute Gasteiger partial charge is 0.493 e. The third kappa shape index (κ3) is 4.01. The molecule has 0 bridgehead atoms. The molecule has 2 aromatic rings. The quantitative estimate of drug-likeness (QED) is 0.872. The third-order valence-electron chi connectivity index (χ3n) is 4.99. The first-order chi connectivity index (χ1) is 13.2. The topological polar surface area (TPSA) is 63.7 Å². The van der Waals surface area contributed by atoms with Crippen LogP contribution in [0.5, 0.6) is 5.75 Å². The number of pyridine rings is 1. The van der Waals surface area contributed by atoms with E-state index >= 15 is 0 Å². The van der Waals surface area contributed by atoms with Crippen molar-refractivity contribution in [1.29, 1.82) is 0 Å². The molecule has 1 amide bonds. The monoisotopic (exact) mass is 387 g/mol. The number of nitrogens with one attached hydrogen (secondary N) is 1. The van der Waals surface area contributed by atoms with Crippen molar-refractivity contribution < 1.29 is 14.3 Å². The summed E-state index contributed by atoms with van der Waals surface area (Å²) >= 11 is 6.39. The van der Waals surface area contributed by atoms with Gasteiger partial charge in [-0.1, -0.05) is 29.8 Å². The Morgan fingerprint density at radius 3 is 2.89 bits per heavy atom. The number of amides is 1. The molecule has 1 atom stereocenters. The molecule has 0 aliphatic carbocycles. The van der Waals surface area contributed by atoms with Crippen LogP contribution in [0.4, 0.5) is 5.82 Å². The van der Waals surface area contributed by atoms with Gasteiger partial charge in [-0.05, 0) is 24.1 Å². The molecule has 0 saturated carbocycles. The van der Waals surface area contributed by atoms with Crippen molar-refractivity contribution in [3.05, 3.63) is 52.7 Å². The molecule has 0 radical (unpaired) electrons. The summed E-state index contributed by atoms with van der Waals surface area (Å²) in [6.07, 6.45) is 2.53. The average molecular weight is 388 g/mol. The molecule has 2 aliphatic rings. The van der Waals surface area contributed by atoms with Gasteiger partial charge in [0, 0.05) is 31.7 Å². The first-order valence-electron chi connectivity index (χ1n) is 9.20. The van der Waals surface area contributed by atoms with Crippen molar-refractivity contribution in [2.24, 2.45) is 0 Å². The minimum atomic E-state index is -0.0578. The van der Waals surface area contributed by atoms with Gasteiger partial charge in [0.05, 0.1) is 30.4 Å². The number of fused-ring (bicyclic) bond motifs is 1. The average Bonchev–Trinajstić information content (AvgIpc) is 2.73. The molecule has 27 heavy (non-hydrogen) atoms. The predicted molar refractivity (Wildman–Crippen MR) is 104 cm³/mol. The standard InChI is InChI=1S/C20H22ClN3O3/c21-17-11-15(20(25)24-6-9-26-10-7-24)13-23-19(17)22-12-14-5-8-27-18-4-2-1-3-16(14)18/h1-4,11,13-14H,5-10,12H2,(H,22,23). The Bertz CT molecular complexity index is 824. The SMILES string of the molecule is O=C(c1cnc(NCC2CCOc3ccccc32)c(Cl)c1)N1CCOCC1. The van der Waals surface area contributed by atoms with E-state index in [2.05, 4.69) is 16.4 Å². The van der Waals surface area contributed by atoms with Crippen LogP contribution in [0.3, 0.4) is 0 Å². The van der Waals surface area contributed by atoms with Gasteiger partial charge in [0.25, 0.3) is 5.91 Å². The Morgan fingerprint density at radius 1 is 1.26 bits per heavy atom. The van der Waals surface area contributed by atoms with E-state index in [4.69, 9.17) is 21.1 Å². The predicted octanol–water partition coefficient (Wildman–Crippen LogP) is 3.19. The molecular formula is C20H22ClN3O3. The third-order valence-corrected chi connectivity index (χ3v) is 5.27. The lowest BCUT2D eigenvalue weighted by atomic mass is 9.93. The van der Waals surface area contributed by atoms with E-state index in [9.17, 15) is 4.79 Å².